The Morgan fingerprint density at radius 2 is 1.58 bits per heavy atom. The van der Waals surface area contributed by atoms with Crippen molar-refractivity contribution in [2.75, 3.05) is 21.3 Å². The summed E-state index contributed by atoms with van der Waals surface area (Å²) in [5.41, 5.74) is -15.4. The van der Waals surface area contributed by atoms with E-state index < -0.39 is 150 Å². The number of ether oxygens (including phenoxy) is 4. The number of rotatable bonds is 7. The molecule has 52 heavy (non-hydrogen) atoms. The van der Waals surface area contributed by atoms with Gasteiger partial charge in [-0.15, -0.1) is 0 Å². The molecule has 7 N–H and O–H groups in total. The summed E-state index contributed by atoms with van der Waals surface area (Å²) < 4.78 is 22.2. The number of ketones is 4. The van der Waals surface area contributed by atoms with Gasteiger partial charge in [0.25, 0.3) is 5.69 Å². The molecule has 19 heteroatoms. The first kappa shape index (κ1) is 36.8. The molecular formula is C33H32N2O17. The number of aliphatic hydroxyl groups excluding tert-OH is 2. The van der Waals surface area contributed by atoms with Crippen molar-refractivity contribution < 1.29 is 78.5 Å². The van der Waals surface area contributed by atoms with Crippen molar-refractivity contribution >= 4 is 34.8 Å². The summed E-state index contributed by atoms with van der Waals surface area (Å²) >= 11 is 0. The molecule has 4 aliphatic rings. The molecule has 0 saturated carbocycles. The number of aromatic carboxylic acids is 1. The van der Waals surface area contributed by atoms with Gasteiger partial charge >= 0.3 is 5.97 Å². The number of nitro benzene ring substituents is 1. The molecule has 0 aromatic heterocycles. The largest absolute Gasteiger partial charge is 0.507 e. The normalized spacial score (nSPS) is 32.2. The number of Topliss-reactive ketones (excluding diaryl/α,β-unsaturated/α-hetero) is 2. The molecule has 2 aromatic rings. The quantitative estimate of drug-likeness (QED) is 0.143. The minimum atomic E-state index is -3.73. The molecular weight excluding hydrogens is 696 g/mol. The van der Waals surface area contributed by atoms with Crippen molar-refractivity contribution in [3.8, 4) is 11.5 Å². The first-order valence-electron chi connectivity index (χ1n) is 15.5. The number of nitrogens with one attached hydrogen (secondary N) is 1. The molecule has 3 aliphatic carbocycles. The van der Waals surface area contributed by atoms with E-state index in [-0.39, 0.29) is 0 Å². The van der Waals surface area contributed by atoms with Gasteiger partial charge < -0.3 is 49.6 Å². The van der Waals surface area contributed by atoms with Crippen molar-refractivity contribution in [2.24, 2.45) is 0 Å². The molecule has 6 rings (SSSR count). The van der Waals surface area contributed by atoms with Crippen LogP contribution in [0.4, 0.5) is 5.69 Å². The average molecular weight is 729 g/mol. The summed E-state index contributed by atoms with van der Waals surface area (Å²) in [5.74, 6) is -9.73. The van der Waals surface area contributed by atoms with Crippen LogP contribution < -0.4 is 5.32 Å². The van der Waals surface area contributed by atoms with Crippen molar-refractivity contribution in [3.63, 3.8) is 0 Å². The fraction of sp³-hybridized carbons (Fsp3) is 0.424. The number of hydrogen-bond acceptors (Lipinski definition) is 17. The number of carbonyl (C=O) groups is 5. The highest BCUT2D eigenvalue weighted by Crippen LogP contribution is 2.61. The van der Waals surface area contributed by atoms with E-state index >= 15 is 0 Å². The molecule has 9 atom stereocenters. The van der Waals surface area contributed by atoms with Gasteiger partial charge in [0.1, 0.15) is 47.7 Å². The number of fused-ring (bicyclic) bond motifs is 5. The first-order valence-corrected chi connectivity index (χ1v) is 15.5. The van der Waals surface area contributed by atoms with Gasteiger partial charge in [0.2, 0.25) is 11.6 Å². The summed E-state index contributed by atoms with van der Waals surface area (Å²) in [4.78, 5) is 79.3. The number of carboxylic acids is 1. The molecule has 2 aromatic carbocycles. The van der Waals surface area contributed by atoms with E-state index in [0.29, 0.717) is 6.07 Å². The van der Waals surface area contributed by atoms with E-state index in [0.717, 1.165) is 33.3 Å². The number of carboxylic acid groups (broad SMARTS) is 1. The number of nitro groups is 1. The van der Waals surface area contributed by atoms with Crippen molar-refractivity contribution in [2.45, 2.75) is 67.8 Å². The number of aromatic hydroxyl groups is 2. The SMILES string of the molecule is COC1C(C)OC(NC2c3c([N+](=O)[O-])c(C)c(C(=O)O)c(O)c3C3(O)C(=O)c4cc5c(c(O)c4C(=O)C3(OC)C2O)C(=O)C=CC5=O)C(OC)C1O. The van der Waals surface area contributed by atoms with E-state index in [9.17, 15) is 64.7 Å². The number of hydrogen-bond donors (Lipinski definition) is 7. The molecule has 1 saturated heterocycles. The van der Waals surface area contributed by atoms with E-state index in [1.807, 2.05) is 0 Å². The van der Waals surface area contributed by atoms with E-state index in [4.69, 9.17) is 18.9 Å². The summed E-state index contributed by atoms with van der Waals surface area (Å²) in [5, 5.41) is 84.7. The van der Waals surface area contributed by atoms with Crippen LogP contribution in [0.15, 0.2) is 18.2 Å². The van der Waals surface area contributed by atoms with Crippen LogP contribution in [-0.2, 0) is 24.5 Å². The van der Waals surface area contributed by atoms with Crippen molar-refractivity contribution in [1.82, 2.24) is 5.32 Å². The lowest BCUT2D eigenvalue weighted by Crippen LogP contribution is -2.75. The zero-order valence-electron chi connectivity index (χ0n) is 27.9. The van der Waals surface area contributed by atoms with Crippen LogP contribution in [0.5, 0.6) is 11.5 Å². The highest BCUT2D eigenvalue weighted by atomic mass is 16.6. The van der Waals surface area contributed by atoms with E-state index in [2.05, 4.69) is 5.32 Å². The number of nitrogens with zero attached hydrogens (tertiary/aromatic N) is 1. The van der Waals surface area contributed by atoms with Crippen LogP contribution in [0.2, 0.25) is 0 Å². The molecule has 19 nitrogen and oxygen atoms in total. The topological polar surface area (TPSA) is 299 Å². The Morgan fingerprint density at radius 1 is 0.962 bits per heavy atom. The van der Waals surface area contributed by atoms with Gasteiger partial charge in [-0.1, -0.05) is 0 Å². The van der Waals surface area contributed by atoms with Crippen LogP contribution in [0.3, 0.4) is 0 Å². The summed E-state index contributed by atoms with van der Waals surface area (Å²) in [6, 6.07) is -1.40. The lowest BCUT2D eigenvalue weighted by Gasteiger charge is -2.55. The Labute approximate surface area is 292 Å². The predicted octanol–water partition coefficient (Wildman–Crippen LogP) is -0.259. The molecule has 0 amide bonds. The standard InChI is InChI=1S/C33H32N2O17/c1-9-15(31(44)45)23(39)19-18(21(9)35(47)48)20(34-30-26(50-4)24(40)25(49-3)10(2)52-30)29(43)33(51-5)28(42)17-12(27(41)32(19,33)46)8-11-13(36)6-7-14(37)16(11)22(17)38/h6-8,10,20,24-26,29-30,34,38-40,43,46H,1-5H3,(H,44,45). The number of phenolic OH excluding ortho intramolecular Hbond substituents is 1. The third-order valence-electron chi connectivity index (χ3n) is 10.4. The van der Waals surface area contributed by atoms with Crippen LogP contribution in [0.1, 0.15) is 81.4 Å². The van der Waals surface area contributed by atoms with Crippen LogP contribution >= 0.6 is 0 Å². The van der Waals surface area contributed by atoms with Crippen LogP contribution in [0, 0.1) is 17.0 Å². The number of phenols is 2. The summed E-state index contributed by atoms with van der Waals surface area (Å²) in [7, 11) is 3.18. The Hall–Kier alpha value is -4.99. The van der Waals surface area contributed by atoms with Gasteiger partial charge in [-0.05, 0) is 32.1 Å². The third-order valence-corrected chi connectivity index (χ3v) is 10.4. The molecule has 1 aliphatic heterocycles. The Bertz CT molecular complexity index is 2040. The van der Waals surface area contributed by atoms with E-state index in [1.165, 1.54) is 14.0 Å². The van der Waals surface area contributed by atoms with Gasteiger partial charge in [-0.3, -0.25) is 34.6 Å². The summed E-state index contributed by atoms with van der Waals surface area (Å²) in [6.07, 6.45) is -7.30. The Kier molecular flexibility index (Phi) is 8.71. The van der Waals surface area contributed by atoms with Gasteiger partial charge in [0, 0.05) is 43.6 Å². The molecule has 9 unspecified atom stereocenters. The molecule has 1 fully saturated rings. The number of carbonyl (C=O) groups excluding carboxylic acids is 4. The zero-order chi connectivity index (χ0) is 38.5. The van der Waals surface area contributed by atoms with Crippen molar-refractivity contribution in [3.05, 3.63) is 72.8 Å². The lowest BCUT2D eigenvalue weighted by atomic mass is 9.55. The molecule has 1 heterocycles. The monoisotopic (exact) mass is 728 g/mol. The number of aliphatic hydroxyl groups is 3. The average Bonchev–Trinajstić information content (AvgIpc) is 3.07. The second kappa shape index (κ2) is 12.3. The second-order valence-electron chi connectivity index (χ2n) is 12.7. The van der Waals surface area contributed by atoms with Gasteiger partial charge in [-0.2, -0.15) is 0 Å². The van der Waals surface area contributed by atoms with Crippen LogP contribution in [-0.4, -0.2) is 128 Å². The fourth-order valence-electron chi connectivity index (χ4n) is 8.11. The smallest absolute Gasteiger partial charge is 0.340 e. The van der Waals surface area contributed by atoms with E-state index in [1.54, 1.807) is 0 Å². The highest BCUT2D eigenvalue weighted by molar-refractivity contribution is 6.30. The highest BCUT2D eigenvalue weighted by Gasteiger charge is 2.75. The maximum atomic E-state index is 14.8. The van der Waals surface area contributed by atoms with Gasteiger partial charge in [0.15, 0.2) is 22.8 Å². The molecule has 0 bridgehead atoms. The molecule has 0 spiro atoms. The minimum absolute atomic E-state index is 0.568. The zero-order valence-corrected chi connectivity index (χ0v) is 27.9. The predicted molar refractivity (Wildman–Crippen MR) is 168 cm³/mol. The van der Waals surface area contributed by atoms with Crippen LogP contribution in [0.25, 0.3) is 0 Å². The fourth-order valence-corrected chi connectivity index (χ4v) is 8.11. The maximum Gasteiger partial charge on any atom is 0.340 e. The number of allylic oxidation sites excluding steroid dienone is 2. The third kappa shape index (κ3) is 4.45. The summed E-state index contributed by atoms with van der Waals surface area (Å²) in [6.45, 7) is 2.43. The second-order valence-corrected chi connectivity index (χ2v) is 12.7. The Balaban J connectivity index is 1.73. The van der Waals surface area contributed by atoms with Gasteiger partial charge in [-0.25, -0.2) is 4.79 Å². The first-order chi connectivity index (χ1) is 24.4. The van der Waals surface area contributed by atoms with Gasteiger partial charge in [0.05, 0.1) is 33.8 Å². The maximum absolute atomic E-state index is 14.8. The lowest BCUT2D eigenvalue weighted by molar-refractivity contribution is -0.387. The number of methoxy groups -OCH3 is 3. The minimum Gasteiger partial charge on any atom is -0.507 e. The molecule has 276 valence electrons. The molecule has 0 radical (unpaired) electrons. The number of benzene rings is 2. The Morgan fingerprint density at radius 3 is 2.13 bits per heavy atom. The van der Waals surface area contributed by atoms with Crippen molar-refractivity contribution in [1.29, 1.82) is 0 Å².